The van der Waals surface area contributed by atoms with E-state index in [1.165, 1.54) is 0 Å². The van der Waals surface area contributed by atoms with E-state index in [4.69, 9.17) is 0 Å². The van der Waals surface area contributed by atoms with Gasteiger partial charge in [-0.15, -0.1) is 0 Å². The molecule has 1 aliphatic rings. The molecule has 1 heterocycles. The second kappa shape index (κ2) is 2.73. The van der Waals surface area contributed by atoms with Gasteiger partial charge in [-0.2, -0.15) is 0 Å². The molecule has 12 heavy (non-hydrogen) atoms. The second-order valence-electron chi connectivity index (χ2n) is 2.07. The number of carbonyl (C=O) groups excluding carboxylic acids is 2. The molecule has 0 aromatic carbocycles. The SMILES string of the molecule is C=CC1=C(C(=C)F)C(=O)OC1=O. The van der Waals surface area contributed by atoms with E-state index in [0.717, 1.165) is 6.08 Å². The van der Waals surface area contributed by atoms with E-state index >= 15 is 0 Å². The highest BCUT2D eigenvalue weighted by molar-refractivity contribution is 6.15. The van der Waals surface area contributed by atoms with Gasteiger partial charge in [-0.3, -0.25) is 0 Å². The molecule has 1 aliphatic heterocycles. The third-order valence-electron chi connectivity index (χ3n) is 1.35. The van der Waals surface area contributed by atoms with E-state index in [1.807, 2.05) is 0 Å². The molecule has 62 valence electrons. The number of carbonyl (C=O) groups is 2. The van der Waals surface area contributed by atoms with Crippen molar-refractivity contribution in [3.05, 3.63) is 36.2 Å². The highest BCUT2D eigenvalue weighted by atomic mass is 19.1. The Labute approximate surface area is 67.8 Å². The Kier molecular flexibility index (Phi) is 1.91. The van der Waals surface area contributed by atoms with Gasteiger partial charge in [0.1, 0.15) is 11.4 Å². The number of esters is 2. The molecule has 0 aromatic heterocycles. The molecule has 0 aliphatic carbocycles. The van der Waals surface area contributed by atoms with Gasteiger partial charge in [0.25, 0.3) is 0 Å². The first-order chi connectivity index (χ1) is 5.57. The predicted molar refractivity (Wildman–Crippen MR) is 38.6 cm³/mol. The van der Waals surface area contributed by atoms with Crippen LogP contribution in [0.25, 0.3) is 0 Å². The lowest BCUT2D eigenvalue weighted by Gasteiger charge is -1.90. The zero-order valence-corrected chi connectivity index (χ0v) is 6.09. The van der Waals surface area contributed by atoms with Crippen molar-refractivity contribution in [3.63, 3.8) is 0 Å². The summed E-state index contributed by atoms with van der Waals surface area (Å²) in [7, 11) is 0. The van der Waals surface area contributed by atoms with Crippen molar-refractivity contribution >= 4 is 11.9 Å². The molecule has 3 nitrogen and oxygen atoms in total. The zero-order valence-electron chi connectivity index (χ0n) is 6.09. The molecular formula is C8H5FO3. The fourth-order valence-corrected chi connectivity index (χ4v) is 0.844. The first-order valence-electron chi connectivity index (χ1n) is 3.06. The van der Waals surface area contributed by atoms with Crippen LogP contribution in [0.1, 0.15) is 0 Å². The Morgan fingerprint density at radius 2 is 2.00 bits per heavy atom. The minimum atomic E-state index is -1.01. The molecule has 0 amide bonds. The van der Waals surface area contributed by atoms with Gasteiger partial charge in [-0.25, -0.2) is 14.0 Å². The van der Waals surface area contributed by atoms with Crippen LogP contribution in [0.3, 0.4) is 0 Å². The van der Waals surface area contributed by atoms with E-state index in [-0.39, 0.29) is 5.57 Å². The standard InChI is InChI=1S/C8H5FO3/c1-3-5-6(4(2)9)8(11)12-7(5)10/h3H,1-2H2. The summed E-state index contributed by atoms with van der Waals surface area (Å²) in [6.45, 7) is 6.14. The third kappa shape index (κ3) is 1.07. The van der Waals surface area contributed by atoms with Gasteiger partial charge in [-0.1, -0.05) is 19.2 Å². The number of hydrogen-bond donors (Lipinski definition) is 0. The molecule has 4 heteroatoms. The van der Waals surface area contributed by atoms with Crippen LogP contribution in [-0.4, -0.2) is 11.9 Å². The van der Waals surface area contributed by atoms with E-state index in [2.05, 4.69) is 17.9 Å². The lowest BCUT2D eigenvalue weighted by Crippen LogP contribution is -2.01. The monoisotopic (exact) mass is 168 g/mol. The average molecular weight is 168 g/mol. The minimum absolute atomic E-state index is 0.174. The Balaban J connectivity index is 3.27. The minimum Gasteiger partial charge on any atom is -0.386 e. The quantitative estimate of drug-likeness (QED) is 0.457. The van der Waals surface area contributed by atoms with Gasteiger partial charge in [0, 0.05) is 0 Å². The summed E-state index contributed by atoms with van der Waals surface area (Å²) in [5.41, 5.74) is -0.609. The largest absolute Gasteiger partial charge is 0.386 e. The number of halogens is 1. The van der Waals surface area contributed by atoms with Crippen LogP contribution in [0.15, 0.2) is 36.2 Å². The fourth-order valence-electron chi connectivity index (χ4n) is 0.844. The molecule has 0 spiro atoms. The Bertz CT molecular complexity index is 325. The summed E-state index contributed by atoms with van der Waals surface area (Å²) >= 11 is 0. The van der Waals surface area contributed by atoms with Crippen molar-refractivity contribution < 1.29 is 18.7 Å². The molecule has 0 radical (unpaired) electrons. The van der Waals surface area contributed by atoms with Crippen LogP contribution in [0.5, 0.6) is 0 Å². The maximum absolute atomic E-state index is 12.5. The zero-order chi connectivity index (χ0) is 9.30. The number of ether oxygens (including phenoxy) is 1. The first kappa shape index (κ1) is 8.39. The van der Waals surface area contributed by atoms with Crippen molar-refractivity contribution in [2.24, 2.45) is 0 Å². The van der Waals surface area contributed by atoms with Crippen molar-refractivity contribution in [1.82, 2.24) is 0 Å². The van der Waals surface area contributed by atoms with Crippen molar-refractivity contribution in [1.29, 1.82) is 0 Å². The van der Waals surface area contributed by atoms with Crippen LogP contribution in [-0.2, 0) is 14.3 Å². The van der Waals surface area contributed by atoms with Crippen LogP contribution in [0.4, 0.5) is 4.39 Å². The Hall–Kier alpha value is -1.71. The van der Waals surface area contributed by atoms with E-state index in [9.17, 15) is 14.0 Å². The summed E-state index contributed by atoms with van der Waals surface area (Å²) in [4.78, 5) is 21.5. The molecule has 0 saturated heterocycles. The summed E-state index contributed by atoms with van der Waals surface area (Å²) in [6, 6.07) is 0. The molecule has 1 rings (SSSR count). The molecule has 0 unspecified atom stereocenters. The molecule has 0 aromatic rings. The topological polar surface area (TPSA) is 43.4 Å². The van der Waals surface area contributed by atoms with Crippen molar-refractivity contribution in [3.8, 4) is 0 Å². The second-order valence-corrected chi connectivity index (χ2v) is 2.07. The normalized spacial score (nSPS) is 16.4. The van der Waals surface area contributed by atoms with Crippen LogP contribution in [0.2, 0.25) is 0 Å². The molecule has 0 atom stereocenters. The van der Waals surface area contributed by atoms with Crippen LogP contribution >= 0.6 is 0 Å². The van der Waals surface area contributed by atoms with E-state index < -0.39 is 23.3 Å². The van der Waals surface area contributed by atoms with E-state index in [0.29, 0.717) is 0 Å². The van der Waals surface area contributed by atoms with Gasteiger partial charge in [0.15, 0.2) is 0 Å². The lowest BCUT2D eigenvalue weighted by atomic mass is 10.1. The van der Waals surface area contributed by atoms with Gasteiger partial charge >= 0.3 is 11.9 Å². The van der Waals surface area contributed by atoms with Crippen molar-refractivity contribution in [2.45, 2.75) is 0 Å². The van der Waals surface area contributed by atoms with Gasteiger partial charge < -0.3 is 4.74 Å². The van der Waals surface area contributed by atoms with E-state index in [1.54, 1.807) is 0 Å². The van der Waals surface area contributed by atoms with Gasteiger partial charge in [0.2, 0.25) is 0 Å². The summed E-state index contributed by atoms with van der Waals surface area (Å²) in [5, 5.41) is 0. The van der Waals surface area contributed by atoms with Gasteiger partial charge in [-0.05, 0) is 0 Å². The number of cyclic esters (lactones) is 2. The van der Waals surface area contributed by atoms with Crippen LogP contribution in [0, 0.1) is 0 Å². The number of hydrogen-bond acceptors (Lipinski definition) is 3. The summed E-state index contributed by atoms with van der Waals surface area (Å²) in [6.07, 6.45) is 1.06. The van der Waals surface area contributed by atoms with Crippen LogP contribution < -0.4 is 0 Å². The summed E-state index contributed by atoms with van der Waals surface area (Å²) in [5.74, 6) is -2.88. The molecular weight excluding hydrogens is 163 g/mol. The lowest BCUT2D eigenvalue weighted by molar-refractivity contribution is -0.150. The predicted octanol–water partition coefficient (Wildman–Crippen LogP) is 1.04. The smallest absolute Gasteiger partial charge is 0.349 e. The molecule has 0 saturated carbocycles. The highest BCUT2D eigenvalue weighted by Crippen LogP contribution is 2.24. The molecule has 0 N–H and O–H groups in total. The maximum atomic E-state index is 12.5. The molecule has 0 fully saturated rings. The fraction of sp³-hybridized carbons (Fsp3) is 0. The maximum Gasteiger partial charge on any atom is 0.349 e. The van der Waals surface area contributed by atoms with Crippen molar-refractivity contribution in [2.75, 3.05) is 0 Å². The Morgan fingerprint density at radius 1 is 1.42 bits per heavy atom. The first-order valence-corrected chi connectivity index (χ1v) is 3.06. The highest BCUT2D eigenvalue weighted by Gasteiger charge is 2.32. The average Bonchev–Trinajstić information content (AvgIpc) is 2.24. The van der Waals surface area contributed by atoms with Gasteiger partial charge in [0.05, 0.1) is 5.57 Å². The Morgan fingerprint density at radius 3 is 2.33 bits per heavy atom. The summed E-state index contributed by atoms with van der Waals surface area (Å²) < 4.78 is 16.6. The molecule has 0 bridgehead atoms. The third-order valence-corrected chi connectivity index (χ3v) is 1.35. The number of rotatable bonds is 2.